The van der Waals surface area contributed by atoms with Crippen LogP contribution in [0.4, 0.5) is 11.5 Å². The van der Waals surface area contributed by atoms with Gasteiger partial charge in [0.1, 0.15) is 5.82 Å². The van der Waals surface area contributed by atoms with Crippen molar-refractivity contribution < 1.29 is 0 Å². The first kappa shape index (κ1) is 14.2. The van der Waals surface area contributed by atoms with Crippen LogP contribution >= 0.6 is 0 Å². The zero-order chi connectivity index (χ0) is 13.8. The molecule has 4 heteroatoms. The Morgan fingerprint density at radius 1 is 1.37 bits per heavy atom. The van der Waals surface area contributed by atoms with Crippen LogP contribution in [0.2, 0.25) is 0 Å². The van der Waals surface area contributed by atoms with E-state index in [0.717, 1.165) is 36.0 Å². The largest absolute Gasteiger partial charge is 0.394 e. The molecule has 1 aliphatic rings. The number of hydrogen-bond acceptors (Lipinski definition) is 3. The van der Waals surface area contributed by atoms with E-state index in [2.05, 4.69) is 24.3 Å². The maximum absolute atomic E-state index is 6.23. The smallest absolute Gasteiger partial charge is 0.147 e. The second-order valence-electron chi connectivity index (χ2n) is 5.86. The van der Waals surface area contributed by atoms with Gasteiger partial charge in [0.05, 0.1) is 11.4 Å². The summed E-state index contributed by atoms with van der Waals surface area (Å²) < 4.78 is 1.91. The van der Waals surface area contributed by atoms with Crippen LogP contribution in [0, 0.1) is 5.92 Å². The quantitative estimate of drug-likeness (QED) is 0.857. The van der Waals surface area contributed by atoms with E-state index < -0.39 is 0 Å². The minimum absolute atomic E-state index is 0.561. The second kappa shape index (κ2) is 6.31. The van der Waals surface area contributed by atoms with E-state index in [0.29, 0.717) is 6.04 Å². The first-order chi connectivity index (χ1) is 9.15. The lowest BCUT2D eigenvalue weighted by Gasteiger charge is -2.29. The molecule has 1 heterocycles. The Morgan fingerprint density at radius 3 is 2.84 bits per heavy atom. The number of aromatic nitrogens is 2. The third-order valence-electron chi connectivity index (χ3n) is 4.35. The van der Waals surface area contributed by atoms with Crippen molar-refractivity contribution in [2.75, 3.05) is 11.1 Å². The topological polar surface area (TPSA) is 55.9 Å². The van der Waals surface area contributed by atoms with Crippen LogP contribution < -0.4 is 11.1 Å². The Bertz CT molecular complexity index is 411. The average molecular weight is 264 g/mol. The predicted octanol–water partition coefficient (Wildman–Crippen LogP) is 3.34. The maximum atomic E-state index is 6.23. The molecule has 0 radical (unpaired) electrons. The second-order valence-corrected chi connectivity index (χ2v) is 5.86. The molecule has 1 aliphatic carbocycles. The van der Waals surface area contributed by atoms with Crippen molar-refractivity contribution >= 4 is 11.5 Å². The first-order valence-corrected chi connectivity index (χ1v) is 7.73. The van der Waals surface area contributed by atoms with E-state index in [-0.39, 0.29) is 0 Å². The molecule has 0 amide bonds. The molecule has 2 rings (SSSR count). The number of anilines is 2. The summed E-state index contributed by atoms with van der Waals surface area (Å²) in [6.07, 6.45) is 8.58. The van der Waals surface area contributed by atoms with Gasteiger partial charge in [-0.15, -0.1) is 0 Å². The summed E-state index contributed by atoms with van der Waals surface area (Å²) in [5.74, 6) is 1.89. The average Bonchev–Trinajstić information content (AvgIpc) is 2.67. The number of nitrogens with one attached hydrogen (secondary N) is 1. The molecule has 1 saturated carbocycles. The Hall–Kier alpha value is -1.19. The van der Waals surface area contributed by atoms with Gasteiger partial charge < -0.3 is 11.1 Å². The van der Waals surface area contributed by atoms with Gasteiger partial charge in [-0.2, -0.15) is 5.10 Å². The molecule has 3 N–H and O–H groups in total. The van der Waals surface area contributed by atoms with Crippen LogP contribution in [-0.4, -0.2) is 15.8 Å². The van der Waals surface area contributed by atoms with Gasteiger partial charge in [-0.3, -0.25) is 4.68 Å². The molecule has 1 fully saturated rings. The fourth-order valence-electron chi connectivity index (χ4n) is 3.17. The summed E-state index contributed by atoms with van der Waals surface area (Å²) in [6.45, 7) is 4.46. The van der Waals surface area contributed by atoms with Crippen LogP contribution in [0.5, 0.6) is 0 Å². The lowest BCUT2D eigenvalue weighted by molar-refractivity contribution is 0.326. The van der Waals surface area contributed by atoms with Gasteiger partial charge in [0.2, 0.25) is 0 Å². The number of nitrogen functional groups attached to an aromatic ring is 1. The standard InChI is InChI=1S/C15H28N4/c1-4-7-13-14(16)15(19(3)18-13)17-12-9-6-8-11(5-2)10-12/h11-12,17H,4-10,16H2,1-3H3. The lowest BCUT2D eigenvalue weighted by Crippen LogP contribution is -2.28. The molecular formula is C15H28N4. The van der Waals surface area contributed by atoms with Crippen molar-refractivity contribution in [3.8, 4) is 0 Å². The van der Waals surface area contributed by atoms with Crippen molar-refractivity contribution in [1.29, 1.82) is 0 Å². The predicted molar refractivity (Wildman–Crippen MR) is 81.3 cm³/mol. The number of nitrogens with zero attached hydrogens (tertiary/aromatic N) is 2. The summed E-state index contributed by atoms with van der Waals surface area (Å²) in [5.41, 5.74) is 8.12. The number of nitrogens with two attached hydrogens (primary N) is 1. The summed E-state index contributed by atoms with van der Waals surface area (Å²) >= 11 is 0. The Morgan fingerprint density at radius 2 is 2.16 bits per heavy atom. The highest BCUT2D eigenvalue weighted by atomic mass is 15.3. The van der Waals surface area contributed by atoms with Gasteiger partial charge in [0, 0.05) is 13.1 Å². The normalized spacial score (nSPS) is 23.5. The lowest BCUT2D eigenvalue weighted by atomic mass is 9.84. The van der Waals surface area contributed by atoms with Gasteiger partial charge in [-0.1, -0.05) is 39.5 Å². The van der Waals surface area contributed by atoms with Gasteiger partial charge in [0.25, 0.3) is 0 Å². The SMILES string of the molecule is CCCc1nn(C)c(NC2CCCC(CC)C2)c1N. The Labute approximate surface area is 116 Å². The highest BCUT2D eigenvalue weighted by Gasteiger charge is 2.23. The van der Waals surface area contributed by atoms with E-state index in [4.69, 9.17) is 5.73 Å². The molecule has 0 saturated heterocycles. The molecule has 108 valence electrons. The highest BCUT2D eigenvalue weighted by molar-refractivity contribution is 5.65. The Kier molecular flexibility index (Phi) is 4.72. The van der Waals surface area contributed by atoms with E-state index in [1.165, 1.54) is 32.1 Å². The summed E-state index contributed by atoms with van der Waals surface area (Å²) in [6, 6.07) is 0.561. The monoisotopic (exact) mass is 264 g/mol. The van der Waals surface area contributed by atoms with E-state index in [1.54, 1.807) is 0 Å². The van der Waals surface area contributed by atoms with Gasteiger partial charge >= 0.3 is 0 Å². The number of aryl methyl sites for hydroxylation is 2. The highest BCUT2D eigenvalue weighted by Crippen LogP contribution is 2.31. The number of rotatable bonds is 5. The fourth-order valence-corrected chi connectivity index (χ4v) is 3.17. The molecule has 0 bridgehead atoms. The van der Waals surface area contributed by atoms with Crippen LogP contribution in [0.25, 0.3) is 0 Å². The zero-order valence-electron chi connectivity index (χ0n) is 12.6. The Balaban J connectivity index is 2.06. The molecule has 0 aliphatic heterocycles. The third-order valence-corrected chi connectivity index (χ3v) is 4.35. The zero-order valence-corrected chi connectivity index (χ0v) is 12.6. The summed E-state index contributed by atoms with van der Waals surface area (Å²) in [7, 11) is 1.98. The molecule has 0 spiro atoms. The molecular weight excluding hydrogens is 236 g/mol. The van der Waals surface area contributed by atoms with Crippen LogP contribution in [0.15, 0.2) is 0 Å². The van der Waals surface area contributed by atoms with Crippen molar-refractivity contribution in [1.82, 2.24) is 9.78 Å². The van der Waals surface area contributed by atoms with Gasteiger partial charge in [-0.25, -0.2) is 0 Å². The molecule has 4 nitrogen and oxygen atoms in total. The molecule has 19 heavy (non-hydrogen) atoms. The van der Waals surface area contributed by atoms with Crippen molar-refractivity contribution in [3.05, 3.63) is 5.69 Å². The molecule has 0 aromatic carbocycles. The molecule has 2 atom stereocenters. The molecule has 2 unspecified atom stereocenters. The summed E-state index contributed by atoms with van der Waals surface area (Å²) in [5, 5.41) is 8.17. The van der Waals surface area contributed by atoms with Gasteiger partial charge in [0.15, 0.2) is 0 Å². The van der Waals surface area contributed by atoms with Crippen LogP contribution in [0.1, 0.15) is 58.1 Å². The molecule has 1 aromatic heterocycles. The maximum Gasteiger partial charge on any atom is 0.147 e. The first-order valence-electron chi connectivity index (χ1n) is 7.73. The van der Waals surface area contributed by atoms with Crippen molar-refractivity contribution in [2.24, 2.45) is 13.0 Å². The fraction of sp³-hybridized carbons (Fsp3) is 0.800. The van der Waals surface area contributed by atoms with Gasteiger partial charge in [-0.05, 0) is 25.2 Å². The van der Waals surface area contributed by atoms with E-state index in [1.807, 2.05) is 11.7 Å². The van der Waals surface area contributed by atoms with Crippen LogP contribution in [0.3, 0.4) is 0 Å². The third kappa shape index (κ3) is 3.23. The summed E-state index contributed by atoms with van der Waals surface area (Å²) in [4.78, 5) is 0. The van der Waals surface area contributed by atoms with E-state index >= 15 is 0 Å². The van der Waals surface area contributed by atoms with E-state index in [9.17, 15) is 0 Å². The van der Waals surface area contributed by atoms with Crippen molar-refractivity contribution in [3.63, 3.8) is 0 Å². The number of hydrogen-bond donors (Lipinski definition) is 2. The van der Waals surface area contributed by atoms with Crippen LogP contribution in [-0.2, 0) is 13.5 Å². The van der Waals surface area contributed by atoms with Crippen molar-refractivity contribution in [2.45, 2.75) is 64.8 Å². The molecule has 1 aromatic rings. The minimum atomic E-state index is 0.561. The minimum Gasteiger partial charge on any atom is -0.394 e.